The standard InChI is InChI=1S/C12H14ClIN2O.ClH/c13-9-5-8(3-4-10(9)14)12(17)16-6-11(15)7-1-2-7;/h3-5,7,11H,1-2,6,15H2,(H,16,17);1H. The highest BCUT2D eigenvalue weighted by atomic mass is 127. The number of amides is 1. The van der Waals surface area contributed by atoms with Gasteiger partial charge >= 0.3 is 0 Å². The normalized spacial score (nSPS) is 15.7. The molecule has 0 radical (unpaired) electrons. The molecule has 1 amide bonds. The molecule has 1 aliphatic rings. The lowest BCUT2D eigenvalue weighted by Gasteiger charge is -2.11. The molecular weight excluding hydrogens is 386 g/mol. The molecule has 0 aromatic heterocycles. The number of carbonyl (C=O) groups is 1. The van der Waals surface area contributed by atoms with Crippen LogP contribution in [0.5, 0.6) is 0 Å². The van der Waals surface area contributed by atoms with Crippen LogP contribution < -0.4 is 11.1 Å². The van der Waals surface area contributed by atoms with Crippen LogP contribution in [0.2, 0.25) is 5.02 Å². The number of nitrogens with two attached hydrogens (primary N) is 1. The maximum absolute atomic E-state index is 11.8. The highest BCUT2D eigenvalue weighted by molar-refractivity contribution is 14.1. The molecule has 6 heteroatoms. The Morgan fingerprint density at radius 3 is 2.78 bits per heavy atom. The van der Waals surface area contributed by atoms with Gasteiger partial charge in [-0.15, -0.1) is 12.4 Å². The van der Waals surface area contributed by atoms with Gasteiger partial charge in [-0.2, -0.15) is 0 Å². The summed E-state index contributed by atoms with van der Waals surface area (Å²) in [7, 11) is 0. The first-order valence-electron chi connectivity index (χ1n) is 5.57. The molecule has 1 atom stereocenters. The summed E-state index contributed by atoms with van der Waals surface area (Å²) in [5.74, 6) is 0.481. The van der Waals surface area contributed by atoms with Crippen LogP contribution in [-0.4, -0.2) is 18.5 Å². The van der Waals surface area contributed by atoms with Gasteiger partial charge in [-0.3, -0.25) is 4.79 Å². The first kappa shape index (κ1) is 16.0. The number of nitrogens with one attached hydrogen (secondary N) is 1. The minimum Gasteiger partial charge on any atom is -0.350 e. The summed E-state index contributed by atoms with van der Waals surface area (Å²) in [4.78, 5) is 11.8. The van der Waals surface area contributed by atoms with Crippen LogP contribution >= 0.6 is 46.6 Å². The molecule has 18 heavy (non-hydrogen) atoms. The smallest absolute Gasteiger partial charge is 0.251 e. The van der Waals surface area contributed by atoms with E-state index in [4.69, 9.17) is 17.3 Å². The molecule has 100 valence electrons. The van der Waals surface area contributed by atoms with E-state index in [-0.39, 0.29) is 24.4 Å². The largest absolute Gasteiger partial charge is 0.350 e. The molecule has 1 saturated carbocycles. The van der Waals surface area contributed by atoms with E-state index >= 15 is 0 Å². The van der Waals surface area contributed by atoms with Crippen LogP contribution in [0.1, 0.15) is 23.2 Å². The number of rotatable bonds is 4. The summed E-state index contributed by atoms with van der Waals surface area (Å²) in [5, 5.41) is 3.44. The molecular formula is C12H15Cl2IN2O. The zero-order valence-electron chi connectivity index (χ0n) is 9.66. The minimum absolute atomic E-state index is 0. The van der Waals surface area contributed by atoms with Gasteiger partial charge in [0.25, 0.3) is 5.91 Å². The molecule has 1 aromatic rings. The van der Waals surface area contributed by atoms with E-state index in [0.717, 1.165) is 3.57 Å². The number of carbonyl (C=O) groups excluding carboxylic acids is 1. The van der Waals surface area contributed by atoms with Gasteiger partial charge in [0.05, 0.1) is 5.02 Å². The summed E-state index contributed by atoms with van der Waals surface area (Å²) in [6.45, 7) is 0.535. The summed E-state index contributed by atoms with van der Waals surface area (Å²) in [5.41, 5.74) is 6.50. The predicted octanol–water partition coefficient (Wildman–Crippen LogP) is 2.83. The van der Waals surface area contributed by atoms with Crippen LogP contribution in [0, 0.1) is 9.49 Å². The molecule has 0 spiro atoms. The third kappa shape index (κ3) is 4.26. The quantitative estimate of drug-likeness (QED) is 0.763. The van der Waals surface area contributed by atoms with Crippen molar-refractivity contribution in [2.75, 3.05) is 6.54 Å². The van der Waals surface area contributed by atoms with E-state index in [9.17, 15) is 4.79 Å². The van der Waals surface area contributed by atoms with Gasteiger partial charge in [-0.25, -0.2) is 0 Å². The van der Waals surface area contributed by atoms with E-state index < -0.39 is 0 Å². The molecule has 1 aliphatic carbocycles. The number of hydrogen-bond donors (Lipinski definition) is 2. The lowest BCUT2D eigenvalue weighted by atomic mass is 10.2. The Morgan fingerprint density at radius 1 is 1.56 bits per heavy atom. The second-order valence-corrected chi connectivity index (χ2v) is 5.91. The third-order valence-corrected chi connectivity index (χ3v) is 4.48. The van der Waals surface area contributed by atoms with Crippen LogP contribution in [0.25, 0.3) is 0 Å². The summed E-state index contributed by atoms with van der Waals surface area (Å²) < 4.78 is 0.940. The summed E-state index contributed by atoms with van der Waals surface area (Å²) >= 11 is 8.10. The lowest BCUT2D eigenvalue weighted by Crippen LogP contribution is -2.38. The fraction of sp³-hybridized carbons (Fsp3) is 0.417. The van der Waals surface area contributed by atoms with Crippen molar-refractivity contribution in [2.45, 2.75) is 18.9 Å². The Bertz CT molecular complexity index is 438. The second kappa shape index (κ2) is 6.93. The fourth-order valence-corrected chi connectivity index (χ4v) is 2.16. The van der Waals surface area contributed by atoms with Gasteiger partial charge in [-0.05, 0) is 59.5 Å². The Morgan fingerprint density at radius 2 is 2.22 bits per heavy atom. The summed E-state index contributed by atoms with van der Waals surface area (Å²) in [6.07, 6.45) is 2.37. The fourth-order valence-electron chi connectivity index (χ4n) is 1.64. The zero-order chi connectivity index (χ0) is 12.4. The SMILES string of the molecule is Cl.NC(CNC(=O)c1ccc(I)c(Cl)c1)C1CC1. The molecule has 1 aromatic carbocycles. The molecule has 2 rings (SSSR count). The topological polar surface area (TPSA) is 55.1 Å². The van der Waals surface area contributed by atoms with E-state index in [0.29, 0.717) is 23.0 Å². The van der Waals surface area contributed by atoms with E-state index in [1.54, 1.807) is 12.1 Å². The van der Waals surface area contributed by atoms with Crippen molar-refractivity contribution in [3.8, 4) is 0 Å². The van der Waals surface area contributed by atoms with Crippen molar-refractivity contribution in [3.63, 3.8) is 0 Å². The van der Waals surface area contributed by atoms with Gasteiger partial charge in [0.1, 0.15) is 0 Å². The Labute approximate surface area is 131 Å². The maximum Gasteiger partial charge on any atom is 0.251 e. The highest BCUT2D eigenvalue weighted by Gasteiger charge is 2.28. The van der Waals surface area contributed by atoms with Crippen molar-refractivity contribution >= 4 is 52.5 Å². The third-order valence-electron chi connectivity index (χ3n) is 2.91. The number of hydrogen-bond acceptors (Lipinski definition) is 2. The molecule has 3 nitrogen and oxygen atoms in total. The second-order valence-electron chi connectivity index (χ2n) is 4.34. The molecule has 0 heterocycles. The van der Waals surface area contributed by atoms with Gasteiger partial charge in [0.15, 0.2) is 0 Å². The number of halogens is 3. The van der Waals surface area contributed by atoms with E-state index in [2.05, 4.69) is 27.9 Å². The Balaban J connectivity index is 0.00000162. The van der Waals surface area contributed by atoms with Crippen LogP contribution in [0.15, 0.2) is 18.2 Å². The van der Waals surface area contributed by atoms with Crippen molar-refractivity contribution in [2.24, 2.45) is 11.7 Å². The van der Waals surface area contributed by atoms with Gasteiger partial charge < -0.3 is 11.1 Å². The van der Waals surface area contributed by atoms with Gasteiger partial charge in [0.2, 0.25) is 0 Å². The van der Waals surface area contributed by atoms with Crippen LogP contribution in [-0.2, 0) is 0 Å². The van der Waals surface area contributed by atoms with Crippen molar-refractivity contribution in [3.05, 3.63) is 32.4 Å². The molecule has 0 aliphatic heterocycles. The molecule has 1 unspecified atom stereocenters. The molecule has 0 saturated heterocycles. The van der Waals surface area contributed by atoms with E-state index in [1.807, 2.05) is 6.07 Å². The first-order valence-corrected chi connectivity index (χ1v) is 7.02. The highest BCUT2D eigenvalue weighted by Crippen LogP contribution is 2.31. The van der Waals surface area contributed by atoms with Gasteiger partial charge in [0, 0.05) is 21.7 Å². The molecule has 1 fully saturated rings. The maximum atomic E-state index is 11.8. The predicted molar refractivity (Wildman–Crippen MR) is 84.4 cm³/mol. The molecule has 3 N–H and O–H groups in total. The Hall–Kier alpha value is -0.0400. The monoisotopic (exact) mass is 400 g/mol. The van der Waals surface area contributed by atoms with Crippen molar-refractivity contribution in [1.82, 2.24) is 5.32 Å². The summed E-state index contributed by atoms with van der Waals surface area (Å²) in [6, 6.07) is 5.37. The van der Waals surface area contributed by atoms with Crippen molar-refractivity contribution < 1.29 is 4.79 Å². The number of benzene rings is 1. The zero-order valence-corrected chi connectivity index (χ0v) is 13.4. The first-order chi connectivity index (χ1) is 8.08. The van der Waals surface area contributed by atoms with Crippen LogP contribution in [0.4, 0.5) is 0 Å². The van der Waals surface area contributed by atoms with Gasteiger partial charge in [-0.1, -0.05) is 11.6 Å². The van der Waals surface area contributed by atoms with Crippen LogP contribution in [0.3, 0.4) is 0 Å². The van der Waals surface area contributed by atoms with E-state index in [1.165, 1.54) is 12.8 Å². The average molecular weight is 401 g/mol. The molecule has 0 bridgehead atoms. The average Bonchev–Trinajstić information content (AvgIpc) is 3.13. The van der Waals surface area contributed by atoms with Crippen molar-refractivity contribution in [1.29, 1.82) is 0 Å². The lowest BCUT2D eigenvalue weighted by molar-refractivity contribution is 0.0950. The minimum atomic E-state index is -0.112. The Kier molecular flexibility index (Phi) is 6.17.